The first-order valence-corrected chi connectivity index (χ1v) is 14.1. The van der Waals surface area contributed by atoms with Gasteiger partial charge in [0, 0.05) is 51.4 Å². The fourth-order valence-electron chi connectivity index (χ4n) is 4.92. The summed E-state index contributed by atoms with van der Waals surface area (Å²) in [7, 11) is 4.84. The van der Waals surface area contributed by atoms with Crippen molar-refractivity contribution < 1.29 is 28.6 Å². The molecular weight excluding hydrogens is 548 g/mol. The lowest BCUT2D eigenvalue weighted by molar-refractivity contribution is -0.124. The SMILES string of the molecule is CCOC(=O)c1ccc2c(c1)NC(=O)C2=C(Nc1ccc(N(C)C(=O)C(N)(CCOC)CCOC)cc1)c1ccccc1. The van der Waals surface area contributed by atoms with Crippen molar-refractivity contribution in [1.29, 1.82) is 0 Å². The molecule has 4 N–H and O–H groups in total. The lowest BCUT2D eigenvalue weighted by atomic mass is 9.91. The number of nitrogens with zero attached hydrogens (tertiary/aromatic N) is 1. The third-order valence-corrected chi connectivity index (χ3v) is 7.35. The van der Waals surface area contributed by atoms with E-state index in [4.69, 9.17) is 19.9 Å². The standard InChI is InChI=1S/C33H38N4O6/c1-5-43-31(39)23-11-16-26-27(21-23)36-30(38)28(26)29(22-9-7-6-8-10-22)35-24-12-14-25(15-13-24)37(2)32(40)33(34,17-19-41-3)18-20-42-4/h6-16,21,35H,5,17-20,34H2,1-4H3,(H,36,38). The number of methoxy groups -OCH3 is 2. The predicted octanol–water partition coefficient (Wildman–Crippen LogP) is 4.53. The maximum Gasteiger partial charge on any atom is 0.338 e. The van der Waals surface area contributed by atoms with E-state index in [2.05, 4.69) is 10.6 Å². The van der Waals surface area contributed by atoms with Crippen molar-refractivity contribution in [3.8, 4) is 0 Å². The Bertz CT molecular complexity index is 1480. The lowest BCUT2D eigenvalue weighted by Crippen LogP contribution is -2.55. The van der Waals surface area contributed by atoms with Crippen LogP contribution in [0.25, 0.3) is 11.3 Å². The summed E-state index contributed by atoms with van der Waals surface area (Å²) in [6, 6.07) is 21.8. The van der Waals surface area contributed by atoms with Crippen molar-refractivity contribution in [2.24, 2.45) is 5.73 Å². The van der Waals surface area contributed by atoms with E-state index in [1.54, 1.807) is 46.4 Å². The van der Waals surface area contributed by atoms with Crippen molar-refractivity contribution in [1.82, 2.24) is 0 Å². The smallest absolute Gasteiger partial charge is 0.338 e. The minimum atomic E-state index is -1.14. The first-order chi connectivity index (χ1) is 20.7. The molecule has 226 valence electrons. The number of nitrogens with two attached hydrogens (primary N) is 1. The number of likely N-dealkylation sites (N-methyl/N-ethyl adjacent to an activating group) is 1. The zero-order chi connectivity index (χ0) is 31.0. The molecule has 3 aromatic rings. The molecule has 1 aliphatic heterocycles. The minimum Gasteiger partial charge on any atom is -0.462 e. The van der Waals surface area contributed by atoms with Gasteiger partial charge < -0.3 is 35.5 Å². The zero-order valence-corrected chi connectivity index (χ0v) is 24.9. The number of benzene rings is 3. The Morgan fingerprint density at radius 3 is 2.19 bits per heavy atom. The molecule has 2 amide bonds. The second-order valence-corrected chi connectivity index (χ2v) is 10.2. The van der Waals surface area contributed by atoms with E-state index >= 15 is 0 Å². The molecule has 1 heterocycles. The highest BCUT2D eigenvalue weighted by Gasteiger charge is 2.36. The summed E-state index contributed by atoms with van der Waals surface area (Å²) in [6.07, 6.45) is 0.711. The topological polar surface area (TPSA) is 132 Å². The number of nitrogens with one attached hydrogen (secondary N) is 2. The second-order valence-electron chi connectivity index (χ2n) is 10.2. The van der Waals surface area contributed by atoms with Gasteiger partial charge in [0.25, 0.3) is 5.91 Å². The highest BCUT2D eigenvalue weighted by atomic mass is 16.5. The van der Waals surface area contributed by atoms with Crippen LogP contribution < -0.4 is 21.3 Å². The van der Waals surface area contributed by atoms with E-state index in [1.807, 2.05) is 54.6 Å². The van der Waals surface area contributed by atoms with Crippen LogP contribution in [0.4, 0.5) is 17.1 Å². The molecule has 1 aliphatic rings. The van der Waals surface area contributed by atoms with Gasteiger partial charge in [0.15, 0.2) is 0 Å². The number of rotatable bonds is 13. The highest BCUT2D eigenvalue weighted by molar-refractivity contribution is 6.37. The molecule has 0 aliphatic carbocycles. The molecule has 3 aromatic carbocycles. The minimum absolute atomic E-state index is 0.240. The third-order valence-electron chi connectivity index (χ3n) is 7.35. The Morgan fingerprint density at radius 2 is 1.58 bits per heavy atom. The van der Waals surface area contributed by atoms with Crippen LogP contribution in [-0.2, 0) is 23.8 Å². The Balaban J connectivity index is 1.65. The molecule has 10 heteroatoms. The number of esters is 1. The number of hydrogen-bond donors (Lipinski definition) is 3. The van der Waals surface area contributed by atoms with Gasteiger partial charge in [-0.1, -0.05) is 36.4 Å². The van der Waals surface area contributed by atoms with Crippen LogP contribution in [0.1, 0.15) is 41.3 Å². The molecule has 0 fully saturated rings. The average Bonchev–Trinajstić information content (AvgIpc) is 3.36. The Labute approximate surface area is 251 Å². The van der Waals surface area contributed by atoms with Gasteiger partial charge >= 0.3 is 5.97 Å². The number of amides is 2. The van der Waals surface area contributed by atoms with Crippen LogP contribution >= 0.6 is 0 Å². The maximum absolute atomic E-state index is 13.4. The molecular formula is C33H38N4O6. The van der Waals surface area contributed by atoms with E-state index < -0.39 is 11.5 Å². The summed E-state index contributed by atoms with van der Waals surface area (Å²) in [5.74, 6) is -0.988. The predicted molar refractivity (Wildman–Crippen MR) is 168 cm³/mol. The molecule has 0 aromatic heterocycles. The molecule has 0 bridgehead atoms. The Hall–Kier alpha value is -4.51. The van der Waals surface area contributed by atoms with E-state index in [9.17, 15) is 14.4 Å². The van der Waals surface area contributed by atoms with Crippen LogP contribution in [0.2, 0.25) is 0 Å². The second kappa shape index (κ2) is 14.1. The quantitative estimate of drug-likeness (QED) is 0.197. The Kier molecular flexibility index (Phi) is 10.3. The highest BCUT2D eigenvalue weighted by Crippen LogP contribution is 2.38. The summed E-state index contributed by atoms with van der Waals surface area (Å²) in [5.41, 5.74) is 10.2. The molecule has 0 saturated carbocycles. The summed E-state index contributed by atoms with van der Waals surface area (Å²) in [5, 5.41) is 6.30. The van der Waals surface area contributed by atoms with Crippen LogP contribution in [-0.4, -0.2) is 64.4 Å². The maximum atomic E-state index is 13.4. The van der Waals surface area contributed by atoms with Crippen LogP contribution in [0.15, 0.2) is 72.8 Å². The number of anilines is 3. The number of fused-ring (bicyclic) bond motifs is 1. The van der Waals surface area contributed by atoms with Crippen molar-refractivity contribution in [2.75, 3.05) is 56.6 Å². The van der Waals surface area contributed by atoms with E-state index in [-0.39, 0.29) is 18.4 Å². The molecule has 4 rings (SSSR count). The largest absolute Gasteiger partial charge is 0.462 e. The number of hydrogen-bond acceptors (Lipinski definition) is 8. The zero-order valence-electron chi connectivity index (χ0n) is 24.9. The van der Waals surface area contributed by atoms with Gasteiger partial charge in [-0.25, -0.2) is 4.79 Å². The summed E-state index contributed by atoms with van der Waals surface area (Å²) in [4.78, 5) is 40.6. The molecule has 0 radical (unpaired) electrons. The van der Waals surface area contributed by atoms with E-state index in [1.165, 1.54) is 4.90 Å². The van der Waals surface area contributed by atoms with E-state index in [0.29, 0.717) is 65.5 Å². The van der Waals surface area contributed by atoms with Crippen molar-refractivity contribution in [3.05, 3.63) is 89.5 Å². The molecule has 10 nitrogen and oxygen atoms in total. The van der Waals surface area contributed by atoms with Crippen molar-refractivity contribution in [3.63, 3.8) is 0 Å². The first kappa shape index (κ1) is 31.4. The van der Waals surface area contributed by atoms with E-state index in [0.717, 1.165) is 5.56 Å². The number of ether oxygens (including phenoxy) is 3. The molecule has 0 atom stereocenters. The normalized spacial score (nSPS) is 13.7. The van der Waals surface area contributed by atoms with Gasteiger partial charge in [-0.05, 0) is 61.7 Å². The van der Waals surface area contributed by atoms with Gasteiger partial charge in [-0.3, -0.25) is 9.59 Å². The molecule has 43 heavy (non-hydrogen) atoms. The molecule has 0 unspecified atom stereocenters. The van der Waals surface area contributed by atoms with Gasteiger partial charge in [-0.15, -0.1) is 0 Å². The van der Waals surface area contributed by atoms with Crippen LogP contribution in [0.3, 0.4) is 0 Å². The fraction of sp³-hybridized carbons (Fsp3) is 0.303. The lowest BCUT2D eigenvalue weighted by Gasteiger charge is -2.32. The van der Waals surface area contributed by atoms with Gasteiger partial charge in [0.05, 0.1) is 29.1 Å². The monoisotopic (exact) mass is 586 g/mol. The molecule has 0 spiro atoms. The van der Waals surface area contributed by atoms with Gasteiger partial charge in [0.1, 0.15) is 5.54 Å². The summed E-state index contributed by atoms with van der Waals surface area (Å²) < 4.78 is 15.5. The first-order valence-electron chi connectivity index (χ1n) is 14.1. The van der Waals surface area contributed by atoms with Crippen molar-refractivity contribution >= 4 is 46.1 Å². The third kappa shape index (κ3) is 7.11. The fourth-order valence-corrected chi connectivity index (χ4v) is 4.92. The number of carbonyl (C=O) groups is 3. The Morgan fingerprint density at radius 1 is 0.930 bits per heavy atom. The number of carbonyl (C=O) groups excluding carboxylic acids is 3. The van der Waals surface area contributed by atoms with Crippen LogP contribution in [0.5, 0.6) is 0 Å². The van der Waals surface area contributed by atoms with Crippen molar-refractivity contribution in [2.45, 2.75) is 25.3 Å². The van der Waals surface area contributed by atoms with Gasteiger partial charge in [0.2, 0.25) is 5.91 Å². The van der Waals surface area contributed by atoms with Gasteiger partial charge in [-0.2, -0.15) is 0 Å². The summed E-state index contributed by atoms with van der Waals surface area (Å²) >= 11 is 0. The molecule has 0 saturated heterocycles. The van der Waals surface area contributed by atoms with Crippen LogP contribution in [0, 0.1) is 0 Å². The average molecular weight is 587 g/mol. The summed E-state index contributed by atoms with van der Waals surface area (Å²) in [6.45, 7) is 2.69.